The third-order valence-electron chi connectivity index (χ3n) is 3.29. The molecular weight excluding hydrogens is 214 g/mol. The first kappa shape index (κ1) is 11.8. The van der Waals surface area contributed by atoms with Crippen LogP contribution in [0.3, 0.4) is 0 Å². The minimum Gasteiger partial charge on any atom is -0.381 e. The molecule has 0 radical (unpaired) electrons. The molecule has 16 heavy (non-hydrogen) atoms. The molecule has 0 saturated carbocycles. The summed E-state index contributed by atoms with van der Waals surface area (Å²) < 4.78 is 0. The molecule has 0 aromatic heterocycles. The predicted octanol–water partition coefficient (Wildman–Crippen LogP) is 3.86. The smallest absolute Gasteiger partial charge is 0.0404 e. The summed E-state index contributed by atoms with van der Waals surface area (Å²) in [4.78, 5) is 0. The van der Waals surface area contributed by atoms with E-state index in [1.54, 1.807) is 0 Å². The van der Waals surface area contributed by atoms with Crippen molar-refractivity contribution in [3.8, 4) is 0 Å². The molecule has 2 atom stereocenters. The second kappa shape index (κ2) is 5.13. The van der Waals surface area contributed by atoms with Crippen molar-refractivity contribution in [2.45, 2.75) is 44.9 Å². The summed E-state index contributed by atoms with van der Waals surface area (Å²) in [6.07, 6.45) is 2.40. The number of para-hydroxylation sites is 1. The summed E-state index contributed by atoms with van der Waals surface area (Å²) >= 11 is 2.08. The molecule has 2 unspecified atom stereocenters. The number of rotatable bonds is 3. The molecule has 1 saturated heterocycles. The van der Waals surface area contributed by atoms with Crippen molar-refractivity contribution in [2.75, 3.05) is 11.1 Å². The highest BCUT2D eigenvalue weighted by molar-refractivity contribution is 8.00. The van der Waals surface area contributed by atoms with Crippen LogP contribution in [0.5, 0.6) is 0 Å². The van der Waals surface area contributed by atoms with Gasteiger partial charge >= 0.3 is 0 Å². The predicted molar refractivity (Wildman–Crippen MR) is 74.5 cm³/mol. The van der Waals surface area contributed by atoms with Gasteiger partial charge in [0.15, 0.2) is 0 Å². The summed E-state index contributed by atoms with van der Waals surface area (Å²) in [5, 5.41) is 4.55. The summed E-state index contributed by atoms with van der Waals surface area (Å²) in [7, 11) is 0. The van der Waals surface area contributed by atoms with E-state index < -0.39 is 0 Å². The van der Waals surface area contributed by atoms with Crippen LogP contribution in [-0.2, 0) is 6.42 Å². The minimum atomic E-state index is 0.659. The maximum absolute atomic E-state index is 3.74. The van der Waals surface area contributed by atoms with Crippen molar-refractivity contribution < 1.29 is 0 Å². The van der Waals surface area contributed by atoms with Crippen LogP contribution in [0.2, 0.25) is 0 Å². The van der Waals surface area contributed by atoms with Crippen LogP contribution in [0.1, 0.15) is 31.4 Å². The van der Waals surface area contributed by atoms with E-state index in [0.717, 1.165) is 11.7 Å². The number of anilines is 1. The van der Waals surface area contributed by atoms with Gasteiger partial charge in [0, 0.05) is 22.7 Å². The molecular formula is C14H21NS. The number of benzene rings is 1. The fraction of sp³-hybridized carbons (Fsp3) is 0.571. The lowest BCUT2D eigenvalue weighted by Crippen LogP contribution is -2.20. The Hall–Kier alpha value is -0.630. The average Bonchev–Trinajstić information content (AvgIpc) is 2.67. The lowest BCUT2D eigenvalue weighted by molar-refractivity contribution is 0.745. The van der Waals surface area contributed by atoms with E-state index in [1.807, 2.05) is 0 Å². The molecule has 0 bridgehead atoms. The van der Waals surface area contributed by atoms with Crippen molar-refractivity contribution in [1.29, 1.82) is 0 Å². The number of hydrogen-bond acceptors (Lipinski definition) is 2. The van der Waals surface area contributed by atoms with Crippen LogP contribution in [0.25, 0.3) is 0 Å². The van der Waals surface area contributed by atoms with E-state index >= 15 is 0 Å². The van der Waals surface area contributed by atoms with Gasteiger partial charge in [0.05, 0.1) is 0 Å². The molecule has 0 spiro atoms. The van der Waals surface area contributed by atoms with Gasteiger partial charge < -0.3 is 5.32 Å². The monoisotopic (exact) mass is 235 g/mol. The standard InChI is InChI=1S/C14H21NS/c1-4-12-7-5-6-10(2)14(12)15-13-8-11(3)16-9-13/h5-7,11,13,15H,4,8-9H2,1-3H3. The van der Waals surface area contributed by atoms with Crippen LogP contribution in [-0.4, -0.2) is 17.0 Å². The van der Waals surface area contributed by atoms with Crippen LogP contribution in [0, 0.1) is 6.92 Å². The van der Waals surface area contributed by atoms with Crippen molar-refractivity contribution >= 4 is 17.4 Å². The Kier molecular flexibility index (Phi) is 3.80. The molecule has 88 valence electrons. The van der Waals surface area contributed by atoms with Gasteiger partial charge in [0.2, 0.25) is 0 Å². The van der Waals surface area contributed by atoms with Gasteiger partial charge in [-0.3, -0.25) is 0 Å². The molecule has 0 aliphatic carbocycles. The van der Waals surface area contributed by atoms with E-state index in [4.69, 9.17) is 0 Å². The molecule has 1 aliphatic rings. The maximum atomic E-state index is 3.74. The zero-order valence-electron chi connectivity index (χ0n) is 10.4. The minimum absolute atomic E-state index is 0.659. The molecule has 1 nitrogen and oxygen atoms in total. The molecule has 2 rings (SSSR count). The topological polar surface area (TPSA) is 12.0 Å². The number of hydrogen-bond donors (Lipinski definition) is 1. The Balaban J connectivity index is 2.14. The zero-order chi connectivity index (χ0) is 11.5. The number of aryl methyl sites for hydroxylation is 2. The van der Waals surface area contributed by atoms with E-state index in [2.05, 4.69) is 56.0 Å². The normalized spacial score (nSPS) is 24.7. The van der Waals surface area contributed by atoms with Crippen LogP contribution in [0.4, 0.5) is 5.69 Å². The summed E-state index contributed by atoms with van der Waals surface area (Å²) in [6.45, 7) is 6.75. The van der Waals surface area contributed by atoms with E-state index in [9.17, 15) is 0 Å². The van der Waals surface area contributed by atoms with Gasteiger partial charge in [0.25, 0.3) is 0 Å². The summed E-state index contributed by atoms with van der Waals surface area (Å²) in [5.74, 6) is 1.25. The second-order valence-electron chi connectivity index (χ2n) is 4.68. The first-order valence-corrected chi connectivity index (χ1v) is 7.22. The van der Waals surface area contributed by atoms with E-state index in [0.29, 0.717) is 6.04 Å². The van der Waals surface area contributed by atoms with Gasteiger partial charge in [0.1, 0.15) is 0 Å². The Morgan fingerprint density at radius 2 is 2.25 bits per heavy atom. The molecule has 1 heterocycles. The third kappa shape index (κ3) is 2.54. The van der Waals surface area contributed by atoms with Crippen LogP contribution >= 0.6 is 11.8 Å². The first-order chi connectivity index (χ1) is 7.70. The van der Waals surface area contributed by atoms with Crippen molar-refractivity contribution in [3.63, 3.8) is 0 Å². The van der Waals surface area contributed by atoms with Gasteiger partial charge in [-0.25, -0.2) is 0 Å². The lowest BCUT2D eigenvalue weighted by atomic mass is 10.0. The number of thioether (sulfide) groups is 1. The molecule has 1 N–H and O–H groups in total. The molecule has 1 aliphatic heterocycles. The Morgan fingerprint density at radius 3 is 2.88 bits per heavy atom. The average molecular weight is 235 g/mol. The van der Waals surface area contributed by atoms with Gasteiger partial charge in [-0.05, 0) is 30.9 Å². The van der Waals surface area contributed by atoms with Crippen molar-refractivity contribution in [3.05, 3.63) is 29.3 Å². The van der Waals surface area contributed by atoms with Gasteiger partial charge in [-0.1, -0.05) is 32.0 Å². The highest BCUT2D eigenvalue weighted by Gasteiger charge is 2.22. The Bertz CT molecular complexity index is 362. The SMILES string of the molecule is CCc1cccc(C)c1NC1CSC(C)C1. The van der Waals surface area contributed by atoms with E-state index in [1.165, 1.54) is 29.0 Å². The molecule has 0 amide bonds. The molecule has 1 fully saturated rings. The molecule has 1 aromatic carbocycles. The quantitative estimate of drug-likeness (QED) is 0.853. The molecule has 1 aromatic rings. The van der Waals surface area contributed by atoms with Gasteiger partial charge in [-0.2, -0.15) is 11.8 Å². The summed E-state index contributed by atoms with van der Waals surface area (Å²) in [6, 6.07) is 7.26. The summed E-state index contributed by atoms with van der Waals surface area (Å²) in [5.41, 5.74) is 4.21. The van der Waals surface area contributed by atoms with Crippen LogP contribution < -0.4 is 5.32 Å². The fourth-order valence-electron chi connectivity index (χ4n) is 2.35. The van der Waals surface area contributed by atoms with Crippen LogP contribution in [0.15, 0.2) is 18.2 Å². The van der Waals surface area contributed by atoms with Crippen molar-refractivity contribution in [1.82, 2.24) is 0 Å². The molecule has 2 heteroatoms. The second-order valence-corrected chi connectivity index (χ2v) is 6.15. The third-order valence-corrected chi connectivity index (χ3v) is 4.64. The fourth-order valence-corrected chi connectivity index (χ4v) is 3.50. The zero-order valence-corrected chi connectivity index (χ0v) is 11.2. The first-order valence-electron chi connectivity index (χ1n) is 6.17. The maximum Gasteiger partial charge on any atom is 0.0404 e. The highest BCUT2D eigenvalue weighted by Crippen LogP contribution is 2.30. The van der Waals surface area contributed by atoms with E-state index in [-0.39, 0.29) is 0 Å². The lowest BCUT2D eigenvalue weighted by Gasteiger charge is -2.18. The Morgan fingerprint density at radius 1 is 1.44 bits per heavy atom. The van der Waals surface area contributed by atoms with Gasteiger partial charge in [-0.15, -0.1) is 0 Å². The largest absolute Gasteiger partial charge is 0.381 e. The highest BCUT2D eigenvalue weighted by atomic mass is 32.2. The Labute approximate surface area is 103 Å². The number of nitrogens with one attached hydrogen (secondary N) is 1. The van der Waals surface area contributed by atoms with Crippen molar-refractivity contribution in [2.24, 2.45) is 0 Å².